The van der Waals surface area contributed by atoms with Crippen LogP contribution in [0.4, 0.5) is 5.69 Å². The first kappa shape index (κ1) is 12.5. The Morgan fingerprint density at radius 3 is 2.65 bits per heavy atom. The lowest BCUT2D eigenvalue weighted by atomic mass is 10.3. The molecule has 0 aliphatic carbocycles. The number of sulfonamides is 1. The summed E-state index contributed by atoms with van der Waals surface area (Å²) < 4.78 is 35.9. The normalized spacial score (nSPS) is 15.1. The van der Waals surface area contributed by atoms with Crippen LogP contribution >= 0.6 is 15.9 Å². The number of hydrogen-bond acceptors (Lipinski definition) is 4. The number of rotatable bonds is 3. The third kappa shape index (κ3) is 3.26. The minimum absolute atomic E-state index is 0.144. The number of hydrogen-bond donors (Lipinski definition) is 1. The van der Waals surface area contributed by atoms with E-state index in [1.54, 1.807) is 18.2 Å². The van der Waals surface area contributed by atoms with E-state index in [0.717, 1.165) is 6.42 Å². The lowest BCUT2D eigenvalue weighted by molar-refractivity contribution is 0.297. The van der Waals surface area contributed by atoms with Crippen molar-refractivity contribution in [3.05, 3.63) is 18.2 Å². The van der Waals surface area contributed by atoms with Crippen LogP contribution in [0.2, 0.25) is 0 Å². The topological polar surface area (TPSA) is 64.6 Å². The Bertz CT molecular complexity index is 503. The van der Waals surface area contributed by atoms with Gasteiger partial charge >= 0.3 is 0 Å². The number of halogens is 1. The maximum absolute atomic E-state index is 11.4. The molecule has 1 aromatic carbocycles. The molecule has 0 saturated heterocycles. The minimum atomic E-state index is -3.34. The van der Waals surface area contributed by atoms with Gasteiger partial charge in [-0.05, 0) is 12.1 Å². The van der Waals surface area contributed by atoms with Crippen molar-refractivity contribution in [2.24, 2.45) is 0 Å². The minimum Gasteiger partial charge on any atom is -0.490 e. The molecule has 17 heavy (non-hydrogen) atoms. The second kappa shape index (κ2) is 5.14. The molecule has 1 aliphatic heterocycles. The van der Waals surface area contributed by atoms with Crippen molar-refractivity contribution in [1.29, 1.82) is 0 Å². The fourth-order valence-electron chi connectivity index (χ4n) is 1.43. The largest absolute Gasteiger partial charge is 0.490 e. The fraction of sp³-hybridized carbons (Fsp3) is 0.400. The summed E-state index contributed by atoms with van der Waals surface area (Å²) in [6, 6.07) is 4.97. The number of anilines is 1. The maximum Gasteiger partial charge on any atom is 0.242 e. The Hall–Kier alpha value is -0.950. The Labute approximate surface area is 108 Å². The molecule has 5 nitrogen and oxygen atoms in total. The van der Waals surface area contributed by atoms with E-state index in [-0.39, 0.29) is 4.66 Å². The van der Waals surface area contributed by atoms with Gasteiger partial charge in [0.1, 0.15) is 4.66 Å². The fourth-order valence-corrected chi connectivity index (χ4v) is 2.32. The highest BCUT2D eigenvalue weighted by Gasteiger charge is 2.13. The summed E-state index contributed by atoms with van der Waals surface area (Å²) in [5.41, 5.74) is 0.466. The molecule has 0 spiro atoms. The lowest BCUT2D eigenvalue weighted by Gasteiger charge is -2.10. The molecule has 1 aromatic rings. The highest BCUT2D eigenvalue weighted by atomic mass is 79.9. The van der Waals surface area contributed by atoms with Gasteiger partial charge in [-0.1, -0.05) is 15.9 Å². The first-order valence-electron chi connectivity index (χ1n) is 5.07. The molecule has 1 heterocycles. The van der Waals surface area contributed by atoms with E-state index in [1.807, 2.05) is 0 Å². The molecule has 0 radical (unpaired) electrons. The molecule has 0 bridgehead atoms. The second-order valence-corrected chi connectivity index (χ2v) is 6.56. The van der Waals surface area contributed by atoms with Crippen molar-refractivity contribution in [3.63, 3.8) is 0 Å². The number of alkyl halides is 1. The van der Waals surface area contributed by atoms with E-state index in [1.165, 1.54) is 0 Å². The average Bonchev–Trinajstić information content (AvgIpc) is 2.53. The van der Waals surface area contributed by atoms with Gasteiger partial charge in [0.05, 0.1) is 18.9 Å². The van der Waals surface area contributed by atoms with Gasteiger partial charge < -0.3 is 9.47 Å². The predicted octanol–water partition coefficient (Wildman–Crippen LogP) is 1.94. The van der Waals surface area contributed by atoms with Crippen molar-refractivity contribution in [1.82, 2.24) is 0 Å². The highest BCUT2D eigenvalue weighted by Crippen LogP contribution is 2.32. The zero-order valence-electron chi connectivity index (χ0n) is 8.98. The molecule has 0 atom stereocenters. The van der Waals surface area contributed by atoms with Gasteiger partial charge in [-0.2, -0.15) is 0 Å². The zero-order valence-corrected chi connectivity index (χ0v) is 11.4. The molecular formula is C10H12BrNO4S. The summed E-state index contributed by atoms with van der Waals surface area (Å²) in [4.78, 5) is 0. The van der Waals surface area contributed by atoms with E-state index in [4.69, 9.17) is 9.47 Å². The Morgan fingerprint density at radius 2 is 1.94 bits per heavy atom. The smallest absolute Gasteiger partial charge is 0.242 e. The van der Waals surface area contributed by atoms with Crippen molar-refractivity contribution < 1.29 is 17.9 Å². The van der Waals surface area contributed by atoms with Crippen LogP contribution in [0, 0.1) is 0 Å². The molecule has 1 N–H and O–H groups in total. The standard InChI is InChI=1S/C10H12BrNO4S/c11-7-17(13,14)12-8-2-3-9-10(6-8)16-5-1-4-15-9/h2-3,6,12H,1,4-5,7H2. The molecule has 0 amide bonds. The maximum atomic E-state index is 11.4. The van der Waals surface area contributed by atoms with E-state index in [9.17, 15) is 8.42 Å². The monoisotopic (exact) mass is 321 g/mol. The summed E-state index contributed by atoms with van der Waals surface area (Å²) in [7, 11) is -3.34. The molecule has 94 valence electrons. The van der Waals surface area contributed by atoms with Gasteiger partial charge in [-0.3, -0.25) is 4.72 Å². The third-order valence-corrected chi connectivity index (χ3v) is 4.81. The molecule has 0 saturated carbocycles. The number of ether oxygens (including phenoxy) is 2. The third-order valence-electron chi connectivity index (χ3n) is 2.16. The van der Waals surface area contributed by atoms with E-state index >= 15 is 0 Å². The van der Waals surface area contributed by atoms with Crippen LogP contribution in [0.3, 0.4) is 0 Å². The Kier molecular flexibility index (Phi) is 3.78. The Morgan fingerprint density at radius 1 is 1.24 bits per heavy atom. The molecular weight excluding hydrogens is 310 g/mol. The molecule has 1 aliphatic rings. The first-order valence-corrected chi connectivity index (χ1v) is 7.84. The van der Waals surface area contributed by atoms with Crippen LogP contribution in [0.1, 0.15) is 6.42 Å². The number of fused-ring (bicyclic) bond motifs is 1. The average molecular weight is 322 g/mol. The molecule has 0 unspecified atom stereocenters. The molecule has 0 fully saturated rings. The van der Waals surface area contributed by atoms with Gasteiger partial charge in [0, 0.05) is 12.5 Å². The summed E-state index contributed by atoms with van der Waals surface area (Å²) in [5.74, 6) is 1.21. The van der Waals surface area contributed by atoms with Crippen LogP contribution in [-0.2, 0) is 10.0 Å². The molecule has 0 aromatic heterocycles. The van der Waals surface area contributed by atoms with E-state index in [2.05, 4.69) is 20.7 Å². The van der Waals surface area contributed by atoms with Crippen LogP contribution < -0.4 is 14.2 Å². The number of benzene rings is 1. The van der Waals surface area contributed by atoms with Crippen molar-refractivity contribution in [3.8, 4) is 11.5 Å². The van der Waals surface area contributed by atoms with Gasteiger partial charge in [0.2, 0.25) is 10.0 Å². The Balaban J connectivity index is 2.24. The molecule has 2 rings (SSSR count). The van der Waals surface area contributed by atoms with Gasteiger partial charge in [-0.25, -0.2) is 8.42 Å². The summed E-state index contributed by atoms with van der Waals surface area (Å²) >= 11 is 2.91. The first-order chi connectivity index (χ1) is 8.11. The lowest BCUT2D eigenvalue weighted by Crippen LogP contribution is -2.13. The van der Waals surface area contributed by atoms with Crippen LogP contribution in [-0.4, -0.2) is 26.3 Å². The van der Waals surface area contributed by atoms with Crippen LogP contribution in [0.15, 0.2) is 18.2 Å². The van der Waals surface area contributed by atoms with Crippen molar-refractivity contribution in [2.75, 3.05) is 22.6 Å². The SMILES string of the molecule is O=S(=O)(CBr)Nc1ccc2c(c1)OCCCO2. The quantitative estimate of drug-likeness (QED) is 0.864. The van der Waals surface area contributed by atoms with E-state index < -0.39 is 10.0 Å². The zero-order chi connectivity index (χ0) is 12.3. The predicted molar refractivity (Wildman–Crippen MR) is 68.4 cm³/mol. The van der Waals surface area contributed by atoms with Gasteiger partial charge in [0.15, 0.2) is 11.5 Å². The van der Waals surface area contributed by atoms with E-state index in [0.29, 0.717) is 30.4 Å². The van der Waals surface area contributed by atoms with Crippen molar-refractivity contribution >= 4 is 31.6 Å². The van der Waals surface area contributed by atoms with Crippen molar-refractivity contribution in [2.45, 2.75) is 6.42 Å². The van der Waals surface area contributed by atoms with Crippen LogP contribution in [0.25, 0.3) is 0 Å². The highest BCUT2D eigenvalue weighted by molar-refractivity contribution is 9.10. The van der Waals surface area contributed by atoms with Crippen LogP contribution in [0.5, 0.6) is 11.5 Å². The summed E-state index contributed by atoms with van der Waals surface area (Å²) in [6.45, 7) is 1.18. The summed E-state index contributed by atoms with van der Waals surface area (Å²) in [6.07, 6.45) is 0.817. The molecule has 7 heteroatoms. The van der Waals surface area contributed by atoms with Gasteiger partial charge in [0.25, 0.3) is 0 Å². The summed E-state index contributed by atoms with van der Waals surface area (Å²) in [5, 5.41) is 0. The number of nitrogens with one attached hydrogen (secondary N) is 1. The second-order valence-electron chi connectivity index (χ2n) is 3.54. The van der Waals surface area contributed by atoms with Gasteiger partial charge in [-0.15, -0.1) is 0 Å².